The van der Waals surface area contributed by atoms with Crippen molar-refractivity contribution < 1.29 is 28.8 Å². The molecule has 0 bridgehead atoms. The molecular formula is C17H30O6. The van der Waals surface area contributed by atoms with E-state index in [-0.39, 0.29) is 18.3 Å². The summed E-state index contributed by atoms with van der Waals surface area (Å²) in [5, 5.41) is 0. The lowest BCUT2D eigenvalue weighted by Crippen LogP contribution is -2.46. The van der Waals surface area contributed by atoms with Crippen molar-refractivity contribution in [3.63, 3.8) is 0 Å². The van der Waals surface area contributed by atoms with E-state index in [1.54, 1.807) is 0 Å². The van der Waals surface area contributed by atoms with Crippen LogP contribution >= 0.6 is 0 Å². The normalized spacial score (nSPS) is 17.4. The van der Waals surface area contributed by atoms with E-state index in [1.807, 2.05) is 34.6 Å². The smallest absolute Gasteiger partial charge is 0.373 e. The summed E-state index contributed by atoms with van der Waals surface area (Å²) in [4.78, 5) is 34.2. The van der Waals surface area contributed by atoms with Crippen LogP contribution in [0.1, 0.15) is 66.7 Å². The largest absolute Gasteiger partial charge is 0.466 e. The Morgan fingerprint density at radius 3 is 2.04 bits per heavy atom. The first-order chi connectivity index (χ1) is 10.8. The fraction of sp³-hybridized carbons (Fsp3) is 0.882. The van der Waals surface area contributed by atoms with Gasteiger partial charge in [-0.2, -0.15) is 9.78 Å². The Bertz CT molecular complexity index is 400. The lowest BCUT2D eigenvalue weighted by atomic mass is 9.72. The molecule has 0 saturated carbocycles. The van der Waals surface area contributed by atoms with Crippen molar-refractivity contribution in [3.05, 3.63) is 0 Å². The molecule has 0 aromatic carbocycles. The van der Waals surface area contributed by atoms with E-state index in [2.05, 4.69) is 0 Å². The molecule has 1 saturated heterocycles. The van der Waals surface area contributed by atoms with Crippen LogP contribution in [0, 0.1) is 11.3 Å². The molecule has 1 unspecified atom stereocenters. The molecule has 1 atom stereocenters. The van der Waals surface area contributed by atoms with Crippen molar-refractivity contribution in [1.29, 1.82) is 0 Å². The summed E-state index contributed by atoms with van der Waals surface area (Å²) in [5.41, 5.74) is -0.708. The van der Waals surface area contributed by atoms with Crippen molar-refractivity contribution in [1.82, 2.24) is 0 Å². The average Bonchev–Trinajstić information content (AvgIpc) is 3.29. The maximum atomic E-state index is 12.3. The first-order valence-electron chi connectivity index (χ1n) is 8.51. The average molecular weight is 330 g/mol. The van der Waals surface area contributed by atoms with Crippen LogP contribution in [0.15, 0.2) is 0 Å². The van der Waals surface area contributed by atoms with Crippen LogP contribution in [0.25, 0.3) is 0 Å². The summed E-state index contributed by atoms with van der Waals surface area (Å²) in [6, 6.07) is 0. The summed E-state index contributed by atoms with van der Waals surface area (Å²) in [6.45, 7) is 10.4. The number of unbranched alkanes of at least 4 members (excludes halogenated alkanes) is 2. The van der Waals surface area contributed by atoms with Crippen LogP contribution in [0.4, 0.5) is 0 Å². The third-order valence-corrected chi connectivity index (χ3v) is 4.56. The highest BCUT2D eigenvalue weighted by Gasteiger charge is 2.70. The predicted molar refractivity (Wildman–Crippen MR) is 84.2 cm³/mol. The highest BCUT2D eigenvalue weighted by molar-refractivity contribution is 5.80. The van der Waals surface area contributed by atoms with Gasteiger partial charge in [0.15, 0.2) is 0 Å². The maximum Gasteiger partial charge on any atom is 0.373 e. The minimum atomic E-state index is -1.41. The second kappa shape index (κ2) is 8.64. The number of carbonyl (C=O) groups excluding carboxylic acids is 2. The molecule has 0 aromatic heterocycles. The van der Waals surface area contributed by atoms with Crippen molar-refractivity contribution in [2.75, 3.05) is 13.2 Å². The maximum absolute atomic E-state index is 12.3. The summed E-state index contributed by atoms with van der Waals surface area (Å²) in [6.07, 6.45) is 3.76. The van der Waals surface area contributed by atoms with Gasteiger partial charge in [0.25, 0.3) is 0 Å². The number of esters is 2. The fourth-order valence-corrected chi connectivity index (χ4v) is 2.21. The Morgan fingerprint density at radius 1 is 1.04 bits per heavy atom. The van der Waals surface area contributed by atoms with Crippen LogP contribution in [-0.2, 0) is 28.8 Å². The molecule has 1 heterocycles. The lowest BCUT2D eigenvalue weighted by Gasteiger charge is -2.32. The molecular weight excluding hydrogens is 300 g/mol. The Labute approximate surface area is 138 Å². The number of ether oxygens (including phenoxy) is 2. The van der Waals surface area contributed by atoms with Gasteiger partial charge >= 0.3 is 17.7 Å². The minimum Gasteiger partial charge on any atom is -0.466 e. The molecule has 134 valence electrons. The molecule has 0 radical (unpaired) electrons. The number of carbonyl (C=O) groups is 2. The molecule has 0 aliphatic carbocycles. The molecule has 0 spiro atoms. The Balaban J connectivity index is 2.58. The fourth-order valence-electron chi connectivity index (χ4n) is 2.21. The van der Waals surface area contributed by atoms with Crippen LogP contribution in [0.2, 0.25) is 0 Å². The van der Waals surface area contributed by atoms with Crippen LogP contribution in [0.3, 0.4) is 0 Å². The van der Waals surface area contributed by atoms with Crippen molar-refractivity contribution >= 4 is 11.9 Å². The van der Waals surface area contributed by atoms with Gasteiger partial charge in [0.1, 0.15) is 0 Å². The number of hydrogen-bond acceptors (Lipinski definition) is 6. The van der Waals surface area contributed by atoms with Crippen molar-refractivity contribution in [3.8, 4) is 0 Å². The minimum absolute atomic E-state index is 0.169. The highest BCUT2D eigenvalue weighted by atomic mass is 17.4. The Kier molecular flexibility index (Phi) is 7.48. The molecule has 0 amide bonds. The van der Waals surface area contributed by atoms with E-state index in [1.165, 1.54) is 0 Å². The quantitative estimate of drug-likeness (QED) is 0.250. The topological polar surface area (TPSA) is 77.7 Å². The van der Waals surface area contributed by atoms with Gasteiger partial charge in [-0.1, -0.05) is 47.5 Å². The van der Waals surface area contributed by atoms with Gasteiger partial charge in [0.2, 0.25) is 0 Å². The van der Waals surface area contributed by atoms with Crippen LogP contribution < -0.4 is 0 Å². The predicted octanol–water partition coefficient (Wildman–Crippen LogP) is 3.38. The molecule has 1 aliphatic heterocycles. The first kappa shape index (κ1) is 19.9. The van der Waals surface area contributed by atoms with Crippen LogP contribution in [-0.4, -0.2) is 30.9 Å². The third-order valence-electron chi connectivity index (χ3n) is 4.56. The summed E-state index contributed by atoms with van der Waals surface area (Å²) < 4.78 is 10.4. The molecule has 0 aromatic rings. The SMILES string of the molecule is CCCCOC(=O)CC(C)C(C)(C)C1(C(=O)OCCCC)OO1. The second-order valence-corrected chi connectivity index (χ2v) is 6.67. The number of hydrogen-bond donors (Lipinski definition) is 0. The standard InChI is InChI=1S/C17H30O6/c1-6-8-10-20-14(18)12-13(3)16(4,5)17(22-23-17)15(19)21-11-9-7-2/h13H,6-12H2,1-5H3. The summed E-state index contributed by atoms with van der Waals surface area (Å²) in [7, 11) is 0. The van der Waals surface area contributed by atoms with Crippen molar-refractivity contribution in [2.24, 2.45) is 11.3 Å². The van der Waals surface area contributed by atoms with E-state index < -0.39 is 17.2 Å². The molecule has 1 rings (SSSR count). The van der Waals surface area contributed by atoms with Gasteiger partial charge in [-0.05, 0) is 18.8 Å². The van der Waals surface area contributed by atoms with Gasteiger partial charge in [-0.15, -0.1) is 0 Å². The van der Waals surface area contributed by atoms with Gasteiger partial charge in [-0.25, -0.2) is 4.79 Å². The van der Waals surface area contributed by atoms with Gasteiger partial charge in [-0.3, -0.25) is 4.79 Å². The zero-order valence-corrected chi connectivity index (χ0v) is 15.0. The van der Waals surface area contributed by atoms with Gasteiger partial charge < -0.3 is 9.47 Å². The van der Waals surface area contributed by atoms with Crippen molar-refractivity contribution in [2.45, 2.75) is 72.5 Å². The van der Waals surface area contributed by atoms with E-state index >= 15 is 0 Å². The molecule has 23 heavy (non-hydrogen) atoms. The second-order valence-electron chi connectivity index (χ2n) is 6.67. The number of rotatable bonds is 11. The van der Waals surface area contributed by atoms with E-state index in [0.717, 1.165) is 25.7 Å². The Morgan fingerprint density at radius 2 is 1.57 bits per heavy atom. The lowest BCUT2D eigenvalue weighted by molar-refractivity contribution is -0.160. The summed E-state index contributed by atoms with van der Waals surface area (Å²) >= 11 is 0. The van der Waals surface area contributed by atoms with E-state index in [4.69, 9.17) is 19.2 Å². The van der Waals surface area contributed by atoms with Gasteiger partial charge in [0, 0.05) is 11.8 Å². The highest BCUT2D eigenvalue weighted by Crippen LogP contribution is 2.52. The first-order valence-corrected chi connectivity index (χ1v) is 8.51. The van der Waals surface area contributed by atoms with Crippen LogP contribution in [0.5, 0.6) is 0 Å². The zero-order chi connectivity index (χ0) is 17.5. The van der Waals surface area contributed by atoms with Gasteiger partial charge in [0.05, 0.1) is 13.2 Å². The van der Waals surface area contributed by atoms with E-state index in [0.29, 0.717) is 13.2 Å². The molecule has 0 N–H and O–H groups in total. The monoisotopic (exact) mass is 330 g/mol. The molecule has 1 aliphatic rings. The summed E-state index contributed by atoms with van der Waals surface area (Å²) in [5.74, 6) is -2.38. The molecule has 6 heteroatoms. The molecule has 1 fully saturated rings. The van der Waals surface area contributed by atoms with E-state index in [9.17, 15) is 9.59 Å². The molecule has 6 nitrogen and oxygen atoms in total. The Hall–Kier alpha value is -1.14. The zero-order valence-electron chi connectivity index (χ0n) is 15.0. The third kappa shape index (κ3) is 4.91.